The van der Waals surface area contributed by atoms with Crippen molar-refractivity contribution >= 4 is 24.1 Å². The Morgan fingerprint density at radius 3 is 2.86 bits per heavy atom. The molecule has 2 heterocycles. The predicted octanol–water partition coefficient (Wildman–Crippen LogP) is 3.26. The lowest BCUT2D eigenvalue weighted by atomic mass is 10.0. The van der Waals surface area contributed by atoms with Crippen LogP contribution >= 0.6 is 0 Å². The summed E-state index contributed by atoms with van der Waals surface area (Å²) in [6.07, 6.45) is 2.21. The number of nitrogens with zero attached hydrogens (tertiary/aromatic N) is 3. The number of phenols is 1. The molecule has 2 atom stereocenters. The highest BCUT2D eigenvalue weighted by Crippen LogP contribution is 2.36. The van der Waals surface area contributed by atoms with E-state index in [-0.39, 0.29) is 41.7 Å². The van der Waals surface area contributed by atoms with Gasteiger partial charge in [-0.25, -0.2) is 4.79 Å². The molecule has 12 nitrogen and oxygen atoms in total. The molecule has 1 aromatic carbocycles. The molecule has 4 rings (SSSR count). The number of aryl methyl sites for hydroxylation is 1. The van der Waals surface area contributed by atoms with Gasteiger partial charge in [0.2, 0.25) is 0 Å². The van der Waals surface area contributed by atoms with Gasteiger partial charge in [-0.05, 0) is 51.3 Å². The summed E-state index contributed by atoms with van der Waals surface area (Å²) in [6, 6.07) is 7.89. The van der Waals surface area contributed by atoms with E-state index in [0.717, 1.165) is 18.5 Å². The van der Waals surface area contributed by atoms with Crippen molar-refractivity contribution in [2.45, 2.75) is 57.8 Å². The fraction of sp³-hybridized carbons (Fsp3) is 0.400. The first-order valence-electron chi connectivity index (χ1n) is 12.0. The van der Waals surface area contributed by atoms with Gasteiger partial charge >= 0.3 is 6.09 Å². The number of carbonyl (C=O) groups excluding carboxylic acids is 3. The monoisotopic (exact) mass is 510 g/mol. The van der Waals surface area contributed by atoms with E-state index >= 15 is 0 Å². The van der Waals surface area contributed by atoms with Crippen LogP contribution in [0.4, 0.5) is 10.6 Å². The van der Waals surface area contributed by atoms with Crippen LogP contribution in [0.25, 0.3) is 0 Å². The number of rotatable bonds is 9. The Kier molecular flexibility index (Phi) is 7.75. The van der Waals surface area contributed by atoms with E-state index in [1.165, 1.54) is 10.7 Å². The second kappa shape index (κ2) is 11.1. The molecule has 1 aliphatic rings. The summed E-state index contributed by atoms with van der Waals surface area (Å²) in [5.74, 6) is 0.156. The number of carbonyl (C=O) groups is 3. The minimum Gasteiger partial charge on any atom is -0.507 e. The molecule has 0 aliphatic heterocycles. The number of phenolic OH excluding ortho intramolecular Hbond substituents is 1. The Morgan fingerprint density at radius 2 is 2.11 bits per heavy atom. The van der Waals surface area contributed by atoms with Gasteiger partial charge in [0.05, 0.1) is 5.56 Å². The lowest BCUT2D eigenvalue weighted by Crippen LogP contribution is -2.33. The van der Waals surface area contributed by atoms with Crippen molar-refractivity contribution in [3.05, 3.63) is 53.0 Å². The van der Waals surface area contributed by atoms with Crippen molar-refractivity contribution in [3.8, 4) is 11.5 Å². The average Bonchev–Trinajstić information content (AvgIpc) is 3.57. The van der Waals surface area contributed by atoms with E-state index in [4.69, 9.17) is 9.47 Å². The van der Waals surface area contributed by atoms with Crippen molar-refractivity contribution in [1.82, 2.24) is 25.3 Å². The third kappa shape index (κ3) is 6.26. The Morgan fingerprint density at radius 1 is 1.30 bits per heavy atom. The molecule has 3 aromatic rings. The number of aromatic amines is 1. The molecule has 4 N–H and O–H groups in total. The van der Waals surface area contributed by atoms with Gasteiger partial charge in [-0.3, -0.25) is 19.4 Å². The second-order valence-electron chi connectivity index (χ2n) is 9.24. The van der Waals surface area contributed by atoms with Crippen LogP contribution in [-0.4, -0.2) is 55.5 Å². The number of H-pyrrole nitrogens is 1. The SMILES string of the molecule is CC(C)NC(=O)O[C@@H]1CC[C@H](c2cc(NC(=O)c3cc(COc4cccc(O)c4C=O)nn3C)n[nH]2)C1. The standard InChI is InChI=1S/C25H30N6O6/c1-14(2)26-25(35)37-17-8-7-15(9-17)19-11-23(29-28-19)27-24(34)20-10-16(30-31(20)3)13-36-22-6-4-5-21(33)18(22)12-32/h4-6,10-12,14-15,17,33H,7-9,13H2,1-3H3,(H,26,35)(H2,27,28,29,34)/t15-,17+/m0/s1. The van der Waals surface area contributed by atoms with E-state index in [2.05, 4.69) is 25.9 Å². The van der Waals surface area contributed by atoms with Crippen LogP contribution in [0.3, 0.4) is 0 Å². The zero-order valence-electron chi connectivity index (χ0n) is 20.9. The summed E-state index contributed by atoms with van der Waals surface area (Å²) in [6.45, 7) is 3.75. The molecule has 0 bridgehead atoms. The van der Waals surface area contributed by atoms with Gasteiger partial charge in [0.1, 0.15) is 35.6 Å². The van der Waals surface area contributed by atoms with E-state index in [9.17, 15) is 19.5 Å². The molecule has 1 fully saturated rings. The molecule has 2 aromatic heterocycles. The highest BCUT2D eigenvalue weighted by Gasteiger charge is 2.30. The van der Waals surface area contributed by atoms with Gasteiger partial charge < -0.3 is 25.2 Å². The number of alkyl carbamates (subject to hydrolysis) is 1. The summed E-state index contributed by atoms with van der Waals surface area (Å²) < 4.78 is 12.5. The quantitative estimate of drug-likeness (QED) is 0.319. The van der Waals surface area contributed by atoms with Crippen molar-refractivity contribution in [3.63, 3.8) is 0 Å². The fourth-order valence-corrected chi connectivity index (χ4v) is 4.28. The summed E-state index contributed by atoms with van der Waals surface area (Å²) >= 11 is 0. The molecule has 0 unspecified atom stereocenters. The number of aromatic hydroxyl groups is 1. The van der Waals surface area contributed by atoms with Crippen LogP contribution in [0, 0.1) is 0 Å². The van der Waals surface area contributed by atoms with E-state index in [0.29, 0.717) is 29.9 Å². The van der Waals surface area contributed by atoms with Crippen LogP contribution in [0.1, 0.15) is 71.3 Å². The zero-order chi connectivity index (χ0) is 26.5. The minimum absolute atomic E-state index is 0.00191. The third-order valence-electron chi connectivity index (χ3n) is 6.04. The first-order chi connectivity index (χ1) is 17.7. The second-order valence-corrected chi connectivity index (χ2v) is 9.24. The van der Waals surface area contributed by atoms with Gasteiger partial charge in [0, 0.05) is 30.8 Å². The number of hydrogen-bond donors (Lipinski definition) is 4. The smallest absolute Gasteiger partial charge is 0.407 e. The number of aldehydes is 1. The van der Waals surface area contributed by atoms with Crippen LogP contribution in [-0.2, 0) is 18.4 Å². The van der Waals surface area contributed by atoms with E-state index in [1.807, 2.05) is 13.8 Å². The van der Waals surface area contributed by atoms with Gasteiger partial charge in [-0.15, -0.1) is 0 Å². The molecular formula is C25H30N6O6. The topological polar surface area (TPSA) is 160 Å². The molecule has 0 radical (unpaired) electrons. The average molecular weight is 511 g/mol. The number of anilines is 1. The summed E-state index contributed by atoms with van der Waals surface area (Å²) in [5, 5.41) is 26.7. The van der Waals surface area contributed by atoms with Crippen molar-refractivity contribution in [2.24, 2.45) is 7.05 Å². The normalized spacial score (nSPS) is 17.0. The molecule has 0 saturated heterocycles. The van der Waals surface area contributed by atoms with E-state index < -0.39 is 12.0 Å². The van der Waals surface area contributed by atoms with Crippen molar-refractivity contribution in [1.29, 1.82) is 0 Å². The molecule has 37 heavy (non-hydrogen) atoms. The predicted molar refractivity (Wildman–Crippen MR) is 133 cm³/mol. The van der Waals surface area contributed by atoms with Crippen LogP contribution < -0.4 is 15.4 Å². The van der Waals surface area contributed by atoms with Crippen molar-refractivity contribution in [2.75, 3.05) is 5.32 Å². The number of benzene rings is 1. The van der Waals surface area contributed by atoms with Crippen molar-refractivity contribution < 1.29 is 29.0 Å². The highest BCUT2D eigenvalue weighted by molar-refractivity contribution is 6.02. The van der Waals surface area contributed by atoms with E-state index in [1.54, 1.807) is 31.3 Å². The molecule has 196 valence electrons. The Bertz CT molecular complexity index is 1280. The maximum atomic E-state index is 12.8. The zero-order valence-corrected chi connectivity index (χ0v) is 20.9. The minimum atomic E-state index is -0.412. The molecule has 1 aliphatic carbocycles. The summed E-state index contributed by atoms with van der Waals surface area (Å²) in [4.78, 5) is 35.9. The van der Waals surface area contributed by atoms with Gasteiger partial charge in [-0.1, -0.05) is 6.07 Å². The number of hydrogen-bond acceptors (Lipinski definition) is 8. The number of amides is 2. The molecule has 0 spiro atoms. The Labute approximate surface area is 213 Å². The Hall–Kier alpha value is -4.35. The lowest BCUT2D eigenvalue weighted by Gasteiger charge is -2.14. The van der Waals surface area contributed by atoms with Crippen LogP contribution in [0.15, 0.2) is 30.3 Å². The lowest BCUT2D eigenvalue weighted by molar-refractivity contribution is 0.0979. The summed E-state index contributed by atoms with van der Waals surface area (Å²) in [5.41, 5.74) is 1.67. The number of ether oxygens (including phenoxy) is 2. The first-order valence-corrected chi connectivity index (χ1v) is 12.0. The molecular weight excluding hydrogens is 480 g/mol. The summed E-state index contributed by atoms with van der Waals surface area (Å²) in [7, 11) is 1.63. The third-order valence-corrected chi connectivity index (χ3v) is 6.04. The van der Waals surface area contributed by atoms with Gasteiger partial charge in [0.15, 0.2) is 12.1 Å². The number of nitrogens with one attached hydrogen (secondary N) is 3. The maximum Gasteiger partial charge on any atom is 0.407 e. The highest BCUT2D eigenvalue weighted by atomic mass is 16.6. The van der Waals surface area contributed by atoms with Crippen LogP contribution in [0.2, 0.25) is 0 Å². The molecule has 12 heteroatoms. The molecule has 2 amide bonds. The first kappa shape index (κ1) is 25.7. The fourth-order valence-electron chi connectivity index (χ4n) is 4.28. The van der Waals surface area contributed by atoms with Gasteiger partial charge in [-0.2, -0.15) is 10.2 Å². The maximum absolute atomic E-state index is 12.8. The van der Waals surface area contributed by atoms with Crippen LogP contribution in [0.5, 0.6) is 11.5 Å². The van der Waals surface area contributed by atoms with Gasteiger partial charge in [0.25, 0.3) is 5.91 Å². The largest absolute Gasteiger partial charge is 0.507 e. The Balaban J connectivity index is 1.33. The number of aromatic nitrogens is 4. The molecule has 1 saturated carbocycles.